The Labute approximate surface area is 142 Å². The van der Waals surface area contributed by atoms with Crippen LogP contribution in [0.25, 0.3) is 33.1 Å². The van der Waals surface area contributed by atoms with Gasteiger partial charge in [0.2, 0.25) is 0 Å². The number of hydrogen-bond donors (Lipinski definition) is 0. The number of hydrogen-bond acceptors (Lipinski definition) is 2. The van der Waals surface area contributed by atoms with Crippen molar-refractivity contribution in [1.82, 2.24) is 9.97 Å². The first-order valence-electron chi connectivity index (χ1n) is 8.29. The van der Waals surface area contributed by atoms with E-state index < -0.39 is 0 Å². The lowest BCUT2D eigenvalue weighted by Crippen LogP contribution is -2.16. The van der Waals surface area contributed by atoms with Crippen molar-refractivity contribution in [1.29, 1.82) is 0 Å². The molecule has 24 heavy (non-hydrogen) atoms. The van der Waals surface area contributed by atoms with E-state index in [0.717, 1.165) is 33.4 Å². The molecular formula is C22H20N2. The molecule has 1 aromatic heterocycles. The zero-order valence-electron chi connectivity index (χ0n) is 14.2. The monoisotopic (exact) mass is 312 g/mol. The maximum absolute atomic E-state index is 5.08. The van der Waals surface area contributed by atoms with Gasteiger partial charge < -0.3 is 0 Å². The van der Waals surface area contributed by atoms with E-state index in [0.29, 0.717) is 0 Å². The second kappa shape index (κ2) is 5.41. The molecule has 4 aromatic rings. The predicted octanol–water partition coefficient (Wildman–Crippen LogP) is 5.75. The van der Waals surface area contributed by atoms with Crippen molar-refractivity contribution in [2.75, 3.05) is 0 Å². The minimum atomic E-state index is -0.0714. The summed E-state index contributed by atoms with van der Waals surface area (Å²) >= 11 is 0. The first kappa shape index (κ1) is 14.8. The van der Waals surface area contributed by atoms with Gasteiger partial charge in [0.25, 0.3) is 0 Å². The van der Waals surface area contributed by atoms with E-state index in [4.69, 9.17) is 9.97 Å². The molecule has 0 radical (unpaired) electrons. The highest BCUT2D eigenvalue weighted by Crippen LogP contribution is 2.33. The molecule has 2 nitrogen and oxygen atoms in total. The summed E-state index contributed by atoms with van der Waals surface area (Å²) in [6.07, 6.45) is 0. The summed E-state index contributed by atoms with van der Waals surface area (Å²) in [6, 6.07) is 22.9. The standard InChI is InChI=1S/C22H20N2/c1-22(2,3)21-19(16-10-5-4-6-11-16)24-20-17-12-8-7-9-15(17)13-14-18(20)23-21/h4-14H,1-3H3. The normalized spacial score (nSPS) is 12.0. The van der Waals surface area contributed by atoms with E-state index >= 15 is 0 Å². The van der Waals surface area contributed by atoms with Crippen molar-refractivity contribution in [3.63, 3.8) is 0 Å². The Morgan fingerprint density at radius 3 is 2.17 bits per heavy atom. The van der Waals surface area contributed by atoms with E-state index in [1.165, 1.54) is 5.39 Å². The molecule has 0 aliphatic heterocycles. The molecule has 3 aromatic carbocycles. The van der Waals surface area contributed by atoms with Gasteiger partial charge in [-0.05, 0) is 11.5 Å². The van der Waals surface area contributed by atoms with E-state index in [1.54, 1.807) is 0 Å². The van der Waals surface area contributed by atoms with Crippen molar-refractivity contribution in [2.45, 2.75) is 26.2 Å². The number of fused-ring (bicyclic) bond motifs is 3. The van der Waals surface area contributed by atoms with E-state index in [1.807, 2.05) is 6.07 Å². The van der Waals surface area contributed by atoms with Crippen LogP contribution < -0.4 is 0 Å². The third-order valence-corrected chi connectivity index (χ3v) is 4.32. The molecule has 2 heteroatoms. The van der Waals surface area contributed by atoms with Gasteiger partial charge in [-0.2, -0.15) is 0 Å². The molecule has 0 unspecified atom stereocenters. The van der Waals surface area contributed by atoms with Crippen LogP contribution in [-0.4, -0.2) is 9.97 Å². The first-order chi connectivity index (χ1) is 11.5. The van der Waals surface area contributed by atoms with Gasteiger partial charge in [0.05, 0.1) is 22.4 Å². The van der Waals surface area contributed by atoms with Gasteiger partial charge in [-0.1, -0.05) is 81.4 Å². The summed E-state index contributed by atoms with van der Waals surface area (Å²) in [5.74, 6) is 0. The van der Waals surface area contributed by atoms with Gasteiger partial charge in [-0.15, -0.1) is 0 Å². The Morgan fingerprint density at radius 1 is 0.708 bits per heavy atom. The largest absolute Gasteiger partial charge is 0.248 e. The summed E-state index contributed by atoms with van der Waals surface area (Å²) < 4.78 is 0. The smallest absolute Gasteiger partial charge is 0.0972 e. The van der Waals surface area contributed by atoms with Crippen LogP contribution in [0, 0.1) is 0 Å². The third kappa shape index (κ3) is 2.44. The Bertz CT molecular complexity index is 1030. The second-order valence-electron chi connectivity index (χ2n) is 7.19. The highest BCUT2D eigenvalue weighted by molar-refractivity contribution is 6.04. The van der Waals surface area contributed by atoms with Crippen LogP contribution in [0.3, 0.4) is 0 Å². The lowest BCUT2D eigenvalue weighted by molar-refractivity contribution is 0.571. The van der Waals surface area contributed by atoms with Crippen LogP contribution in [0.5, 0.6) is 0 Å². The minimum absolute atomic E-state index is 0.0714. The fourth-order valence-electron chi connectivity index (χ4n) is 3.11. The average molecular weight is 312 g/mol. The summed E-state index contributed by atoms with van der Waals surface area (Å²) in [7, 11) is 0. The molecule has 0 atom stereocenters. The maximum Gasteiger partial charge on any atom is 0.0972 e. The Balaban J connectivity index is 2.13. The highest BCUT2D eigenvalue weighted by atomic mass is 14.8. The Morgan fingerprint density at radius 2 is 1.42 bits per heavy atom. The van der Waals surface area contributed by atoms with Crippen molar-refractivity contribution in [3.05, 3.63) is 72.4 Å². The molecule has 0 N–H and O–H groups in total. The molecule has 0 amide bonds. The molecular weight excluding hydrogens is 292 g/mol. The van der Waals surface area contributed by atoms with Crippen LogP contribution in [0.15, 0.2) is 66.7 Å². The van der Waals surface area contributed by atoms with Crippen LogP contribution in [0.4, 0.5) is 0 Å². The number of benzene rings is 3. The quantitative estimate of drug-likeness (QED) is 0.418. The first-order valence-corrected chi connectivity index (χ1v) is 8.29. The zero-order valence-corrected chi connectivity index (χ0v) is 14.2. The fourth-order valence-corrected chi connectivity index (χ4v) is 3.11. The van der Waals surface area contributed by atoms with Gasteiger partial charge in [0.1, 0.15) is 0 Å². The van der Waals surface area contributed by atoms with E-state index in [2.05, 4.69) is 81.4 Å². The van der Waals surface area contributed by atoms with Gasteiger partial charge in [0.15, 0.2) is 0 Å². The third-order valence-electron chi connectivity index (χ3n) is 4.32. The molecule has 4 rings (SSSR count). The van der Waals surface area contributed by atoms with Gasteiger partial charge in [-0.25, -0.2) is 9.97 Å². The van der Waals surface area contributed by atoms with Crippen molar-refractivity contribution >= 4 is 21.8 Å². The lowest BCUT2D eigenvalue weighted by atomic mass is 9.88. The minimum Gasteiger partial charge on any atom is -0.248 e. The molecule has 0 spiro atoms. The van der Waals surface area contributed by atoms with Crippen LogP contribution in [-0.2, 0) is 5.41 Å². The summed E-state index contributed by atoms with van der Waals surface area (Å²) in [4.78, 5) is 10.1. The predicted molar refractivity (Wildman–Crippen MR) is 101 cm³/mol. The Kier molecular flexibility index (Phi) is 3.34. The van der Waals surface area contributed by atoms with Crippen molar-refractivity contribution in [2.24, 2.45) is 0 Å². The van der Waals surface area contributed by atoms with E-state index in [-0.39, 0.29) is 5.41 Å². The van der Waals surface area contributed by atoms with Crippen molar-refractivity contribution < 1.29 is 0 Å². The van der Waals surface area contributed by atoms with Gasteiger partial charge in [0, 0.05) is 16.4 Å². The van der Waals surface area contributed by atoms with Crippen molar-refractivity contribution in [3.8, 4) is 11.3 Å². The van der Waals surface area contributed by atoms with Crippen LogP contribution >= 0.6 is 0 Å². The fraction of sp³-hybridized carbons (Fsp3) is 0.182. The summed E-state index contributed by atoms with van der Waals surface area (Å²) in [6.45, 7) is 6.57. The molecule has 1 heterocycles. The Hall–Kier alpha value is -2.74. The van der Waals surface area contributed by atoms with Crippen LogP contribution in [0.2, 0.25) is 0 Å². The molecule has 0 saturated heterocycles. The molecule has 0 fully saturated rings. The number of nitrogens with zero attached hydrogens (tertiary/aromatic N) is 2. The molecule has 118 valence electrons. The zero-order chi connectivity index (χ0) is 16.7. The summed E-state index contributed by atoms with van der Waals surface area (Å²) in [5.41, 5.74) is 4.99. The molecule has 0 saturated carbocycles. The SMILES string of the molecule is CC(C)(C)c1nc2ccc3ccccc3c2nc1-c1ccccc1. The maximum atomic E-state index is 5.08. The average Bonchev–Trinajstić information content (AvgIpc) is 2.60. The molecule has 0 aliphatic carbocycles. The van der Waals surface area contributed by atoms with Gasteiger partial charge >= 0.3 is 0 Å². The van der Waals surface area contributed by atoms with E-state index in [9.17, 15) is 0 Å². The number of aromatic nitrogens is 2. The topological polar surface area (TPSA) is 25.8 Å². The highest BCUT2D eigenvalue weighted by Gasteiger charge is 2.23. The van der Waals surface area contributed by atoms with Gasteiger partial charge in [-0.3, -0.25) is 0 Å². The number of rotatable bonds is 1. The molecule has 0 aliphatic rings. The molecule has 0 bridgehead atoms. The summed E-state index contributed by atoms with van der Waals surface area (Å²) in [5, 5.41) is 2.35. The van der Waals surface area contributed by atoms with Crippen LogP contribution in [0.1, 0.15) is 26.5 Å². The lowest BCUT2D eigenvalue weighted by Gasteiger charge is -2.22. The second-order valence-corrected chi connectivity index (χ2v) is 7.19.